The molecule has 0 spiro atoms. The smallest absolute Gasteiger partial charge is 0.263 e. The number of hydrogen-bond donors (Lipinski definition) is 4. The molecule has 1 aromatic heterocycles. The van der Waals surface area contributed by atoms with Gasteiger partial charge in [-0.05, 0) is 36.1 Å². The van der Waals surface area contributed by atoms with Gasteiger partial charge in [-0.25, -0.2) is 0 Å². The van der Waals surface area contributed by atoms with Crippen LogP contribution in [0.2, 0.25) is 0 Å². The molecule has 13 heteroatoms. The van der Waals surface area contributed by atoms with Crippen LogP contribution >= 0.6 is 11.3 Å². The van der Waals surface area contributed by atoms with Crippen molar-refractivity contribution in [3.63, 3.8) is 0 Å². The van der Waals surface area contributed by atoms with Crippen LogP contribution in [0.1, 0.15) is 55.1 Å². The van der Waals surface area contributed by atoms with Crippen molar-refractivity contribution in [3.05, 3.63) is 93.7 Å². The molecule has 2 saturated heterocycles. The van der Waals surface area contributed by atoms with Crippen LogP contribution < -0.4 is 21.7 Å². The fourth-order valence-corrected chi connectivity index (χ4v) is 8.46. The average Bonchev–Trinajstić information content (AvgIpc) is 3.82. The Balaban J connectivity index is 0.971. The highest BCUT2D eigenvalue weighted by Gasteiger charge is 2.48. The van der Waals surface area contributed by atoms with E-state index >= 15 is 0 Å². The molecule has 50 heavy (non-hydrogen) atoms. The molecular weight excluding hydrogens is 657 g/mol. The van der Waals surface area contributed by atoms with Gasteiger partial charge in [-0.3, -0.25) is 28.8 Å². The summed E-state index contributed by atoms with van der Waals surface area (Å²) in [6.07, 6.45) is 1.62. The number of amides is 6. The van der Waals surface area contributed by atoms with Crippen molar-refractivity contribution < 1.29 is 28.8 Å². The zero-order valence-corrected chi connectivity index (χ0v) is 28.4. The Morgan fingerprint density at radius 2 is 1.00 bits per heavy atom. The normalized spacial score (nSPS) is 28.1. The number of nitrogens with zero attached hydrogens (tertiary/aromatic N) is 2. The van der Waals surface area contributed by atoms with Gasteiger partial charge in [0.1, 0.15) is 0 Å². The lowest BCUT2D eigenvalue weighted by Crippen LogP contribution is -2.41. The number of hydrogen-bond acceptors (Lipinski definition) is 7. The van der Waals surface area contributed by atoms with E-state index in [1.165, 1.54) is 16.8 Å². The van der Waals surface area contributed by atoms with Crippen molar-refractivity contribution in [3.8, 4) is 0 Å². The predicted octanol–water partition coefficient (Wildman–Crippen LogP) is 1.70. The number of benzene rings is 2. The minimum Gasteiger partial charge on any atom is -0.369 e. The Kier molecular flexibility index (Phi) is 9.17. The van der Waals surface area contributed by atoms with Gasteiger partial charge in [-0.2, -0.15) is 0 Å². The van der Waals surface area contributed by atoms with Crippen LogP contribution in [-0.2, 0) is 19.2 Å². The highest BCUT2D eigenvalue weighted by atomic mass is 32.1. The SMILES string of the molecule is CNC(=O)[C@@H]1CN(C(=O)c2ccc(C(=O)N3C[C@@H](C(N)=O)[C@H](C(=O)N[C@H]4C[C@@H]4c4ccccc4)C3)s2)C[C@H]1C(=O)N[C@H]1C[C@@H]1c1ccccc1. The molecule has 2 saturated carbocycles. The van der Waals surface area contributed by atoms with E-state index in [-0.39, 0.29) is 83.5 Å². The second-order valence-electron chi connectivity index (χ2n) is 13.8. The topological polar surface area (TPSA) is 171 Å². The molecule has 3 aromatic rings. The number of likely N-dealkylation sites (tertiary alicyclic amines) is 2. The molecule has 2 aliphatic carbocycles. The first-order valence-electron chi connectivity index (χ1n) is 17.0. The Morgan fingerprint density at radius 3 is 1.42 bits per heavy atom. The molecule has 4 fully saturated rings. The van der Waals surface area contributed by atoms with E-state index in [4.69, 9.17) is 5.73 Å². The average molecular weight is 697 g/mol. The van der Waals surface area contributed by atoms with Crippen LogP contribution in [0.4, 0.5) is 0 Å². The molecule has 2 aliphatic heterocycles. The lowest BCUT2D eigenvalue weighted by molar-refractivity contribution is -0.132. The number of carbonyl (C=O) groups is 6. The van der Waals surface area contributed by atoms with E-state index in [1.807, 2.05) is 60.7 Å². The van der Waals surface area contributed by atoms with Crippen LogP contribution in [0.5, 0.6) is 0 Å². The first-order valence-corrected chi connectivity index (χ1v) is 17.8. The third-order valence-electron chi connectivity index (χ3n) is 10.6. The largest absolute Gasteiger partial charge is 0.369 e. The van der Waals surface area contributed by atoms with Gasteiger partial charge in [0.15, 0.2) is 0 Å². The summed E-state index contributed by atoms with van der Waals surface area (Å²) in [7, 11) is 1.51. The van der Waals surface area contributed by atoms with Crippen molar-refractivity contribution in [1.82, 2.24) is 25.8 Å². The highest BCUT2D eigenvalue weighted by molar-refractivity contribution is 7.15. The standard InChI is InChI=1S/C37H40N6O6S/c1-39-33(45)26-18-43(19-27(26)35(47)41-29-15-23(29)21-10-6-3-7-11-21)37(49)31-13-12-30(50-31)36(48)42-16-24(32(38)44)25(17-42)34(46)40-28-14-22(28)20-8-4-2-5-9-20/h2-13,22-29H,14-19H2,1H3,(H2,38,44)(H,39,45)(H,40,46)(H,41,47)/t22-,23-,24-,25-,26-,27-,28+,29+/m1/s1. The van der Waals surface area contributed by atoms with E-state index in [0.717, 1.165) is 35.3 Å². The molecule has 0 bridgehead atoms. The molecule has 12 nitrogen and oxygen atoms in total. The molecule has 0 radical (unpaired) electrons. The molecule has 4 aliphatic rings. The summed E-state index contributed by atoms with van der Waals surface area (Å²) in [6.45, 7) is 0.177. The molecule has 260 valence electrons. The van der Waals surface area contributed by atoms with Crippen molar-refractivity contribution in [1.29, 1.82) is 0 Å². The first-order chi connectivity index (χ1) is 24.1. The van der Waals surface area contributed by atoms with Gasteiger partial charge >= 0.3 is 0 Å². The number of rotatable bonds is 10. The Hall–Kier alpha value is -5.04. The second kappa shape index (κ2) is 13.7. The van der Waals surface area contributed by atoms with Gasteiger partial charge in [-0.1, -0.05) is 60.7 Å². The lowest BCUT2D eigenvalue weighted by atomic mass is 9.94. The number of nitrogens with one attached hydrogen (secondary N) is 3. The van der Waals surface area contributed by atoms with Gasteiger partial charge in [-0.15, -0.1) is 11.3 Å². The van der Waals surface area contributed by atoms with Crippen molar-refractivity contribution in [2.45, 2.75) is 36.8 Å². The van der Waals surface area contributed by atoms with E-state index in [0.29, 0.717) is 0 Å². The maximum atomic E-state index is 13.7. The van der Waals surface area contributed by atoms with Gasteiger partial charge in [0.25, 0.3) is 11.8 Å². The minimum absolute atomic E-state index is 0.00304. The maximum Gasteiger partial charge on any atom is 0.263 e. The molecular formula is C37H40N6O6S. The summed E-state index contributed by atoms with van der Waals surface area (Å²) in [5.41, 5.74) is 7.98. The summed E-state index contributed by atoms with van der Waals surface area (Å²) in [5, 5.41) is 8.75. The second-order valence-corrected chi connectivity index (χ2v) is 14.8. The number of nitrogens with two attached hydrogens (primary N) is 1. The van der Waals surface area contributed by atoms with Gasteiger partial charge < -0.3 is 31.5 Å². The Bertz CT molecular complexity index is 1820. The molecule has 7 rings (SSSR count). The molecule has 0 unspecified atom stereocenters. The number of primary amides is 1. The van der Waals surface area contributed by atoms with Crippen LogP contribution in [0.25, 0.3) is 0 Å². The fourth-order valence-electron chi connectivity index (χ4n) is 7.52. The van der Waals surface area contributed by atoms with Crippen molar-refractivity contribution in [2.75, 3.05) is 33.2 Å². The zero-order valence-electron chi connectivity index (χ0n) is 27.6. The summed E-state index contributed by atoms with van der Waals surface area (Å²) >= 11 is 1.00. The van der Waals surface area contributed by atoms with Crippen LogP contribution in [0, 0.1) is 23.7 Å². The van der Waals surface area contributed by atoms with E-state index in [2.05, 4.69) is 16.0 Å². The minimum atomic E-state index is -0.832. The van der Waals surface area contributed by atoms with E-state index in [1.54, 1.807) is 12.1 Å². The summed E-state index contributed by atoms with van der Waals surface area (Å²) < 4.78 is 0. The first kappa shape index (κ1) is 33.5. The quantitative estimate of drug-likeness (QED) is 0.252. The van der Waals surface area contributed by atoms with Crippen molar-refractivity contribution in [2.24, 2.45) is 29.4 Å². The van der Waals surface area contributed by atoms with Crippen LogP contribution in [0.3, 0.4) is 0 Å². The molecule has 3 heterocycles. The summed E-state index contributed by atoms with van der Waals surface area (Å²) in [5.74, 6) is -4.89. The third kappa shape index (κ3) is 6.74. The molecule has 6 amide bonds. The molecule has 2 aromatic carbocycles. The fraction of sp³-hybridized carbons (Fsp3) is 0.405. The predicted molar refractivity (Wildman–Crippen MR) is 185 cm³/mol. The lowest BCUT2D eigenvalue weighted by Gasteiger charge is -2.16. The van der Waals surface area contributed by atoms with Crippen LogP contribution in [-0.4, -0.2) is 90.6 Å². The van der Waals surface area contributed by atoms with Gasteiger partial charge in [0, 0.05) is 57.1 Å². The monoisotopic (exact) mass is 696 g/mol. The number of thiophene rings is 1. The van der Waals surface area contributed by atoms with E-state index < -0.39 is 35.5 Å². The van der Waals surface area contributed by atoms with Gasteiger partial charge in [0.05, 0.1) is 33.4 Å². The highest BCUT2D eigenvalue weighted by Crippen LogP contribution is 2.42. The third-order valence-corrected chi connectivity index (χ3v) is 11.6. The maximum absolute atomic E-state index is 13.7. The Morgan fingerprint density at radius 1 is 0.600 bits per heavy atom. The zero-order chi connectivity index (χ0) is 35.1. The van der Waals surface area contributed by atoms with Crippen LogP contribution in [0.15, 0.2) is 72.8 Å². The Labute approximate surface area is 293 Å². The van der Waals surface area contributed by atoms with E-state index in [9.17, 15) is 28.8 Å². The number of carbonyl (C=O) groups excluding carboxylic acids is 6. The summed E-state index contributed by atoms with van der Waals surface area (Å²) in [6, 6.07) is 22.9. The van der Waals surface area contributed by atoms with Crippen molar-refractivity contribution >= 4 is 46.8 Å². The molecule has 8 atom stereocenters. The molecule has 5 N–H and O–H groups in total. The van der Waals surface area contributed by atoms with Gasteiger partial charge in [0.2, 0.25) is 23.6 Å². The summed E-state index contributed by atoms with van der Waals surface area (Å²) in [4.78, 5) is 82.6.